The maximum atomic E-state index is 9.83. The van der Waals surface area contributed by atoms with E-state index in [1.807, 2.05) is 19.1 Å². The van der Waals surface area contributed by atoms with Crippen LogP contribution in [0.4, 0.5) is 0 Å². The third kappa shape index (κ3) is 7.46. The molecule has 0 bridgehead atoms. The molecule has 0 aliphatic carbocycles. The fourth-order valence-corrected chi connectivity index (χ4v) is 1.41. The lowest BCUT2D eigenvalue weighted by Crippen LogP contribution is -2.36. The van der Waals surface area contributed by atoms with Crippen molar-refractivity contribution in [2.24, 2.45) is 0 Å². The second kappa shape index (κ2) is 8.28. The summed E-state index contributed by atoms with van der Waals surface area (Å²) in [6.07, 6.45) is 9.47. The van der Waals surface area contributed by atoms with Crippen LogP contribution in [-0.2, 0) is 0 Å². The summed E-state index contributed by atoms with van der Waals surface area (Å²) in [5.74, 6) is 0. The molecule has 0 spiro atoms. The van der Waals surface area contributed by atoms with Crippen molar-refractivity contribution in [1.82, 2.24) is 0 Å². The van der Waals surface area contributed by atoms with Gasteiger partial charge in [0.25, 0.3) is 0 Å². The van der Waals surface area contributed by atoms with Gasteiger partial charge in [-0.3, -0.25) is 0 Å². The standard InChI is InChI=1S/C16H28O2/c1-6-16(5,18)15(17)12-8-11-14(4)10-7-9-13(2)3/h8-9,11-12,15,17-18H,6-7,10H2,1-5H3. The highest BCUT2D eigenvalue weighted by Gasteiger charge is 2.25. The summed E-state index contributed by atoms with van der Waals surface area (Å²) in [5.41, 5.74) is 1.57. The minimum Gasteiger partial charge on any atom is -0.387 e. The van der Waals surface area contributed by atoms with Crippen LogP contribution < -0.4 is 0 Å². The number of aliphatic hydroxyl groups excluding tert-OH is 1. The molecule has 0 aromatic heterocycles. The summed E-state index contributed by atoms with van der Waals surface area (Å²) >= 11 is 0. The minimum absolute atomic E-state index is 0.530. The lowest BCUT2D eigenvalue weighted by Gasteiger charge is -2.25. The van der Waals surface area contributed by atoms with Gasteiger partial charge in [-0.1, -0.05) is 42.4 Å². The zero-order chi connectivity index (χ0) is 14.2. The summed E-state index contributed by atoms with van der Waals surface area (Å²) in [5, 5.41) is 19.6. The van der Waals surface area contributed by atoms with Gasteiger partial charge in [-0.05, 0) is 47.0 Å². The summed E-state index contributed by atoms with van der Waals surface area (Å²) in [6.45, 7) is 9.78. The van der Waals surface area contributed by atoms with Crippen LogP contribution in [0.1, 0.15) is 53.9 Å². The van der Waals surface area contributed by atoms with Crippen LogP contribution in [0.15, 0.2) is 35.5 Å². The molecule has 2 unspecified atom stereocenters. The molecule has 0 saturated carbocycles. The van der Waals surface area contributed by atoms with Gasteiger partial charge in [0.15, 0.2) is 0 Å². The van der Waals surface area contributed by atoms with Crippen molar-refractivity contribution in [3.63, 3.8) is 0 Å². The molecule has 0 fully saturated rings. The van der Waals surface area contributed by atoms with E-state index in [0.29, 0.717) is 6.42 Å². The van der Waals surface area contributed by atoms with Crippen LogP contribution in [0.3, 0.4) is 0 Å². The second-order valence-corrected chi connectivity index (χ2v) is 5.37. The molecule has 2 atom stereocenters. The van der Waals surface area contributed by atoms with E-state index in [9.17, 15) is 10.2 Å². The normalized spacial score (nSPS) is 17.6. The second-order valence-electron chi connectivity index (χ2n) is 5.37. The van der Waals surface area contributed by atoms with Crippen molar-refractivity contribution in [1.29, 1.82) is 0 Å². The molecule has 0 aliphatic heterocycles. The summed E-state index contributed by atoms with van der Waals surface area (Å²) in [6, 6.07) is 0. The molecule has 0 heterocycles. The molecule has 18 heavy (non-hydrogen) atoms. The first-order valence-corrected chi connectivity index (χ1v) is 6.67. The SMILES string of the molecule is CCC(C)(O)C(O)C=CC=C(C)CCC=C(C)C. The minimum atomic E-state index is -1.04. The molecule has 104 valence electrons. The average Bonchev–Trinajstić information content (AvgIpc) is 2.28. The van der Waals surface area contributed by atoms with Gasteiger partial charge in [0, 0.05) is 0 Å². The third-order valence-electron chi connectivity index (χ3n) is 3.12. The van der Waals surface area contributed by atoms with E-state index in [2.05, 4.69) is 26.8 Å². The number of hydrogen-bond acceptors (Lipinski definition) is 2. The predicted molar refractivity (Wildman–Crippen MR) is 78.5 cm³/mol. The van der Waals surface area contributed by atoms with Crippen molar-refractivity contribution >= 4 is 0 Å². The average molecular weight is 252 g/mol. The van der Waals surface area contributed by atoms with Gasteiger partial charge in [0.05, 0.1) is 5.60 Å². The van der Waals surface area contributed by atoms with E-state index in [1.165, 1.54) is 11.1 Å². The van der Waals surface area contributed by atoms with Crippen LogP contribution in [0.2, 0.25) is 0 Å². The highest BCUT2D eigenvalue weighted by atomic mass is 16.3. The van der Waals surface area contributed by atoms with Crippen LogP contribution in [0.5, 0.6) is 0 Å². The highest BCUT2D eigenvalue weighted by Crippen LogP contribution is 2.15. The Hall–Kier alpha value is -0.860. The van der Waals surface area contributed by atoms with Gasteiger partial charge in [0.1, 0.15) is 6.10 Å². The molecule has 0 rings (SSSR count). The fourth-order valence-electron chi connectivity index (χ4n) is 1.41. The van der Waals surface area contributed by atoms with Crippen LogP contribution in [0, 0.1) is 0 Å². The van der Waals surface area contributed by atoms with E-state index < -0.39 is 11.7 Å². The van der Waals surface area contributed by atoms with Gasteiger partial charge in [0.2, 0.25) is 0 Å². The van der Waals surface area contributed by atoms with Gasteiger partial charge < -0.3 is 10.2 Å². The van der Waals surface area contributed by atoms with Gasteiger partial charge >= 0.3 is 0 Å². The Labute approximate surface area is 112 Å². The first-order valence-electron chi connectivity index (χ1n) is 6.67. The maximum Gasteiger partial charge on any atom is 0.101 e. The number of rotatable bonds is 7. The van der Waals surface area contributed by atoms with Crippen molar-refractivity contribution in [2.45, 2.75) is 65.6 Å². The van der Waals surface area contributed by atoms with Crippen molar-refractivity contribution < 1.29 is 10.2 Å². The van der Waals surface area contributed by atoms with Crippen LogP contribution in [0.25, 0.3) is 0 Å². The Balaban J connectivity index is 4.24. The predicted octanol–water partition coefficient (Wildman–Crippen LogP) is 3.76. The summed E-state index contributed by atoms with van der Waals surface area (Å²) in [4.78, 5) is 0. The molecular weight excluding hydrogens is 224 g/mol. The van der Waals surface area contributed by atoms with E-state index in [1.54, 1.807) is 13.0 Å². The molecular formula is C16H28O2. The Kier molecular flexibility index (Phi) is 7.88. The molecule has 2 heteroatoms. The smallest absolute Gasteiger partial charge is 0.101 e. The van der Waals surface area contributed by atoms with E-state index in [0.717, 1.165) is 12.8 Å². The van der Waals surface area contributed by atoms with Crippen molar-refractivity contribution in [3.05, 3.63) is 35.5 Å². The Bertz CT molecular complexity index is 318. The van der Waals surface area contributed by atoms with E-state index in [-0.39, 0.29) is 0 Å². The van der Waals surface area contributed by atoms with Crippen molar-refractivity contribution in [3.8, 4) is 0 Å². The third-order valence-corrected chi connectivity index (χ3v) is 3.12. The summed E-state index contributed by atoms with van der Waals surface area (Å²) in [7, 11) is 0. The lowest BCUT2D eigenvalue weighted by molar-refractivity contribution is -0.0399. The molecule has 0 aromatic rings. The molecule has 0 saturated heterocycles. The zero-order valence-corrected chi connectivity index (χ0v) is 12.4. The molecule has 2 nitrogen and oxygen atoms in total. The summed E-state index contributed by atoms with van der Waals surface area (Å²) < 4.78 is 0. The molecule has 0 radical (unpaired) electrons. The Morgan fingerprint density at radius 1 is 1.28 bits per heavy atom. The largest absolute Gasteiger partial charge is 0.387 e. The Morgan fingerprint density at radius 3 is 2.39 bits per heavy atom. The molecule has 0 aromatic carbocycles. The quantitative estimate of drug-likeness (QED) is 0.535. The van der Waals surface area contributed by atoms with Crippen LogP contribution >= 0.6 is 0 Å². The number of aliphatic hydroxyl groups is 2. The monoisotopic (exact) mass is 252 g/mol. The molecule has 0 amide bonds. The van der Waals surface area contributed by atoms with Crippen LogP contribution in [-0.4, -0.2) is 21.9 Å². The zero-order valence-electron chi connectivity index (χ0n) is 12.4. The topological polar surface area (TPSA) is 40.5 Å². The van der Waals surface area contributed by atoms with Gasteiger partial charge in [-0.15, -0.1) is 0 Å². The molecule has 0 aliphatic rings. The number of allylic oxidation sites excluding steroid dienone is 5. The highest BCUT2D eigenvalue weighted by molar-refractivity contribution is 5.14. The fraction of sp³-hybridized carbons (Fsp3) is 0.625. The maximum absolute atomic E-state index is 9.83. The van der Waals surface area contributed by atoms with E-state index >= 15 is 0 Å². The first-order chi connectivity index (χ1) is 8.29. The molecule has 2 N–H and O–H groups in total. The first kappa shape index (κ1) is 17.1. The lowest BCUT2D eigenvalue weighted by atomic mass is 9.96. The van der Waals surface area contributed by atoms with Crippen molar-refractivity contribution in [2.75, 3.05) is 0 Å². The number of hydrogen-bond donors (Lipinski definition) is 2. The van der Waals surface area contributed by atoms with Gasteiger partial charge in [-0.2, -0.15) is 0 Å². The van der Waals surface area contributed by atoms with Gasteiger partial charge in [-0.25, -0.2) is 0 Å². The van der Waals surface area contributed by atoms with E-state index in [4.69, 9.17) is 0 Å². The Morgan fingerprint density at radius 2 is 1.89 bits per heavy atom.